The zero-order valence-corrected chi connectivity index (χ0v) is 28.7. The van der Waals surface area contributed by atoms with E-state index in [9.17, 15) is 43.8 Å². The molecule has 0 bridgehead atoms. The average molecular weight is 718 g/mol. The molecule has 0 saturated carbocycles. The number of nitrogens with two attached hydrogens (primary N) is 3. The number of carbonyl (C=O) groups excluding carboxylic acids is 6. The van der Waals surface area contributed by atoms with Gasteiger partial charge in [0.2, 0.25) is 29.5 Å². The SMILES string of the molecule is CC(C)[C@H](NC(=O)[C@H](CC(=O)O)NC(=O)[C@H](Cc1c[nH]c2ccccc12)NC(=O)[C@H](CCC[NH+]=C(N)N)NC(=O)[C@@H](N)CO)C(=O)N[C@@H](C)C=O. The Bertz CT molecular complexity index is 1570. The summed E-state index contributed by atoms with van der Waals surface area (Å²) in [7, 11) is 0. The highest BCUT2D eigenvalue weighted by atomic mass is 16.4. The Morgan fingerprint density at radius 1 is 0.863 bits per heavy atom. The predicted octanol–water partition coefficient (Wildman–Crippen LogP) is -5.06. The Labute approximate surface area is 293 Å². The summed E-state index contributed by atoms with van der Waals surface area (Å²) in [6, 6.07) is -0.618. The van der Waals surface area contributed by atoms with Crippen LogP contribution in [-0.4, -0.2) is 112 Å². The summed E-state index contributed by atoms with van der Waals surface area (Å²) in [5.41, 5.74) is 17.8. The molecule has 0 aliphatic carbocycles. The molecular weight excluding hydrogens is 668 g/mol. The Hall–Kier alpha value is -5.56. The minimum atomic E-state index is -1.70. The zero-order chi connectivity index (χ0) is 38.2. The number of carboxylic acids is 1. The molecule has 0 aliphatic rings. The summed E-state index contributed by atoms with van der Waals surface area (Å²) in [5, 5.41) is 32.0. The van der Waals surface area contributed by atoms with Crippen LogP contribution in [0.15, 0.2) is 30.5 Å². The van der Waals surface area contributed by atoms with E-state index in [0.29, 0.717) is 11.8 Å². The van der Waals surface area contributed by atoms with Crippen LogP contribution in [0.5, 0.6) is 0 Å². The van der Waals surface area contributed by atoms with E-state index >= 15 is 0 Å². The number of aliphatic hydroxyl groups excluding tert-OH is 1. The number of benzene rings is 1. The summed E-state index contributed by atoms with van der Waals surface area (Å²) in [4.78, 5) is 95.0. The van der Waals surface area contributed by atoms with Crippen molar-refractivity contribution in [2.24, 2.45) is 23.1 Å². The summed E-state index contributed by atoms with van der Waals surface area (Å²) >= 11 is 0. The summed E-state index contributed by atoms with van der Waals surface area (Å²) in [6.45, 7) is 4.20. The molecule has 280 valence electrons. The standard InChI is InChI=1S/C32H48N10O9/c1-16(2)26(31(51)38-17(3)14-43)42-30(50)24(12-25(45)46)41-29(49)23(11-18-13-37-21-8-5-4-7-19(18)21)40-28(48)22(9-6-10-36-32(34)35)39-27(47)20(33)15-44/h4-5,7-8,13-14,16-17,20,22-24,26,37,44H,6,9-12,15,33H2,1-3H3,(H,38,51)(H,39,47)(H,40,48)(H,41,49)(H,42,50)(H,45,46)(H4,34,35,36)/p+1/t17-,20-,22-,23-,24-,26-/m0/s1. The molecule has 0 spiro atoms. The largest absolute Gasteiger partial charge is 0.481 e. The molecule has 0 radical (unpaired) electrons. The molecule has 1 aromatic heterocycles. The fraction of sp³-hybridized carbons (Fsp3) is 0.500. The second-order valence-electron chi connectivity index (χ2n) is 12.3. The number of carbonyl (C=O) groups is 7. The average Bonchev–Trinajstić information content (AvgIpc) is 3.48. The number of aromatic amines is 1. The number of guanidine groups is 1. The number of hydrogen-bond acceptors (Lipinski definition) is 9. The maximum atomic E-state index is 13.9. The monoisotopic (exact) mass is 717 g/mol. The van der Waals surface area contributed by atoms with E-state index in [1.807, 2.05) is 0 Å². The van der Waals surface area contributed by atoms with Crippen LogP contribution >= 0.6 is 0 Å². The van der Waals surface area contributed by atoms with E-state index in [4.69, 9.17) is 17.2 Å². The second-order valence-corrected chi connectivity index (χ2v) is 12.3. The lowest BCUT2D eigenvalue weighted by molar-refractivity contribution is -0.459. The normalized spacial score (nSPS) is 14.5. The van der Waals surface area contributed by atoms with Gasteiger partial charge in [0.15, 0.2) is 0 Å². The van der Waals surface area contributed by atoms with Crippen molar-refractivity contribution < 1.29 is 48.8 Å². The molecule has 0 fully saturated rings. The van der Waals surface area contributed by atoms with Gasteiger partial charge < -0.3 is 52.3 Å². The first-order valence-corrected chi connectivity index (χ1v) is 16.3. The van der Waals surface area contributed by atoms with Crippen molar-refractivity contribution in [3.8, 4) is 0 Å². The third-order valence-corrected chi connectivity index (χ3v) is 7.73. The van der Waals surface area contributed by atoms with Crippen LogP contribution in [-0.2, 0) is 40.0 Å². The second kappa shape index (κ2) is 20.2. The quantitative estimate of drug-likeness (QED) is 0.0250. The number of para-hydroxylation sites is 1. The van der Waals surface area contributed by atoms with Gasteiger partial charge in [0.05, 0.1) is 25.6 Å². The zero-order valence-electron chi connectivity index (χ0n) is 28.7. The van der Waals surface area contributed by atoms with Crippen molar-refractivity contribution in [1.82, 2.24) is 31.6 Å². The van der Waals surface area contributed by atoms with Gasteiger partial charge in [0.25, 0.3) is 0 Å². The Balaban J connectivity index is 2.43. The fourth-order valence-corrected chi connectivity index (χ4v) is 4.96. The first-order chi connectivity index (χ1) is 24.1. The van der Waals surface area contributed by atoms with Crippen molar-refractivity contribution in [1.29, 1.82) is 0 Å². The number of nitrogens with one attached hydrogen (secondary N) is 7. The topological polar surface area (TPSA) is 328 Å². The van der Waals surface area contributed by atoms with E-state index in [-0.39, 0.29) is 31.8 Å². The minimum Gasteiger partial charge on any atom is -0.481 e. The Morgan fingerprint density at radius 2 is 1.47 bits per heavy atom. The van der Waals surface area contributed by atoms with Crippen LogP contribution < -0.4 is 48.8 Å². The van der Waals surface area contributed by atoms with Gasteiger partial charge in [-0.25, -0.2) is 0 Å². The van der Waals surface area contributed by atoms with E-state index in [0.717, 1.165) is 10.9 Å². The molecule has 51 heavy (non-hydrogen) atoms. The minimum absolute atomic E-state index is 0.0167. The van der Waals surface area contributed by atoms with Gasteiger partial charge in [-0.2, -0.15) is 0 Å². The van der Waals surface area contributed by atoms with Gasteiger partial charge in [-0.1, -0.05) is 32.0 Å². The number of aromatic nitrogens is 1. The maximum Gasteiger partial charge on any atom is 0.338 e. The van der Waals surface area contributed by atoms with Crippen LogP contribution in [0.2, 0.25) is 0 Å². The van der Waals surface area contributed by atoms with Crippen LogP contribution in [0, 0.1) is 5.92 Å². The number of H-pyrrole nitrogens is 1. The molecule has 15 N–H and O–H groups in total. The lowest BCUT2D eigenvalue weighted by atomic mass is 10.0. The molecule has 2 aromatic rings. The number of amides is 5. The smallest absolute Gasteiger partial charge is 0.338 e. The van der Waals surface area contributed by atoms with Gasteiger partial charge in [0, 0.05) is 23.5 Å². The van der Waals surface area contributed by atoms with Gasteiger partial charge in [-0.3, -0.25) is 45.2 Å². The van der Waals surface area contributed by atoms with E-state index in [2.05, 4.69) is 36.6 Å². The van der Waals surface area contributed by atoms with Gasteiger partial charge >= 0.3 is 11.9 Å². The molecule has 0 unspecified atom stereocenters. The van der Waals surface area contributed by atoms with Crippen molar-refractivity contribution in [3.63, 3.8) is 0 Å². The van der Waals surface area contributed by atoms with Crippen molar-refractivity contribution in [3.05, 3.63) is 36.0 Å². The fourth-order valence-electron chi connectivity index (χ4n) is 4.96. The number of carboxylic acid groups (broad SMARTS) is 1. The van der Waals surface area contributed by atoms with Crippen LogP contribution in [0.1, 0.15) is 45.6 Å². The first-order valence-electron chi connectivity index (χ1n) is 16.3. The molecule has 1 aromatic carbocycles. The Morgan fingerprint density at radius 3 is 2.08 bits per heavy atom. The van der Waals surface area contributed by atoms with E-state index in [1.165, 1.54) is 6.92 Å². The van der Waals surface area contributed by atoms with E-state index in [1.54, 1.807) is 44.3 Å². The molecule has 0 saturated heterocycles. The third-order valence-electron chi connectivity index (χ3n) is 7.73. The summed E-state index contributed by atoms with van der Waals surface area (Å²) in [6.07, 6.45) is 1.39. The summed E-state index contributed by atoms with van der Waals surface area (Å²) < 4.78 is 0. The number of fused-ring (bicyclic) bond motifs is 1. The number of aldehydes is 1. The lowest BCUT2D eigenvalue weighted by Crippen LogP contribution is -2.78. The highest BCUT2D eigenvalue weighted by Gasteiger charge is 2.34. The lowest BCUT2D eigenvalue weighted by Gasteiger charge is -2.27. The highest BCUT2D eigenvalue weighted by Crippen LogP contribution is 2.19. The summed E-state index contributed by atoms with van der Waals surface area (Å²) in [5.74, 6) is -6.30. The highest BCUT2D eigenvalue weighted by molar-refractivity contribution is 5.97. The van der Waals surface area contributed by atoms with Crippen LogP contribution in [0.25, 0.3) is 10.9 Å². The molecule has 6 atom stereocenters. The molecular formula is C32H49N10O9+. The molecule has 5 amide bonds. The maximum absolute atomic E-state index is 13.9. The van der Waals surface area contributed by atoms with Gasteiger partial charge in [-0.05, 0) is 37.3 Å². The molecule has 1 heterocycles. The van der Waals surface area contributed by atoms with Crippen LogP contribution in [0.4, 0.5) is 0 Å². The van der Waals surface area contributed by atoms with E-state index < -0.39 is 90.7 Å². The molecule has 2 rings (SSSR count). The predicted molar refractivity (Wildman–Crippen MR) is 184 cm³/mol. The van der Waals surface area contributed by atoms with Crippen LogP contribution in [0.3, 0.4) is 0 Å². The van der Waals surface area contributed by atoms with Gasteiger partial charge in [0.1, 0.15) is 36.5 Å². The number of aliphatic hydroxyl groups is 1. The first kappa shape index (κ1) is 41.6. The molecule has 0 aliphatic heterocycles. The van der Waals surface area contributed by atoms with Crippen molar-refractivity contribution in [2.75, 3.05) is 13.2 Å². The third kappa shape index (κ3) is 13.3. The number of aliphatic carboxylic acids is 1. The van der Waals surface area contributed by atoms with Crippen molar-refractivity contribution >= 4 is 58.7 Å². The Kier molecular flexibility index (Phi) is 16.5. The molecule has 19 heteroatoms. The number of hydrogen-bond donors (Lipinski definition) is 12. The van der Waals surface area contributed by atoms with Gasteiger partial charge in [-0.15, -0.1) is 0 Å². The number of rotatable bonds is 21. The molecule has 19 nitrogen and oxygen atoms in total. The van der Waals surface area contributed by atoms with Crippen molar-refractivity contribution in [2.45, 2.75) is 82.7 Å².